The van der Waals surface area contributed by atoms with Gasteiger partial charge >= 0.3 is 5.69 Å². The Morgan fingerprint density at radius 3 is 2.95 bits per heavy atom. The van der Waals surface area contributed by atoms with E-state index in [1.54, 1.807) is 6.92 Å². The number of aryl methyl sites for hydroxylation is 1. The van der Waals surface area contributed by atoms with Gasteiger partial charge < -0.3 is 14.6 Å². The number of nitrogens with zero attached hydrogens (tertiary/aromatic N) is 4. The van der Waals surface area contributed by atoms with E-state index in [2.05, 4.69) is 15.0 Å². The fourth-order valence-corrected chi connectivity index (χ4v) is 2.24. The maximum atomic E-state index is 11.9. The Bertz CT molecular complexity index is 676. The average molecular weight is 297 g/mol. The minimum Gasteiger partial charge on any atom is -0.388 e. The highest BCUT2D eigenvalue weighted by Gasteiger charge is 2.45. The molecule has 1 aromatic heterocycles. The van der Waals surface area contributed by atoms with Crippen LogP contribution in [-0.4, -0.2) is 46.6 Å². The standard InChI is InChI=1S/C11H15N5O5/c1-5-4-16(11(19)14-9(5)18)10-8(20-2)7(17)6(21-10)3-13-15-12/h4,6-8,10,17H,3H2,1-2H3,(H,14,18,19)/t6-,7-,8-,10-/m1/s1. The van der Waals surface area contributed by atoms with E-state index < -0.39 is 35.8 Å². The zero-order valence-electron chi connectivity index (χ0n) is 11.5. The van der Waals surface area contributed by atoms with Gasteiger partial charge in [0, 0.05) is 23.8 Å². The molecule has 0 aliphatic carbocycles. The first-order chi connectivity index (χ1) is 9.99. The van der Waals surface area contributed by atoms with Crippen molar-refractivity contribution in [2.24, 2.45) is 5.11 Å². The first kappa shape index (κ1) is 15.3. The number of nitrogens with one attached hydrogen (secondary N) is 1. The molecule has 10 nitrogen and oxygen atoms in total. The van der Waals surface area contributed by atoms with E-state index in [4.69, 9.17) is 15.0 Å². The number of ether oxygens (including phenoxy) is 2. The third-order valence-corrected chi connectivity index (χ3v) is 3.33. The second-order valence-electron chi connectivity index (χ2n) is 4.65. The zero-order valence-corrected chi connectivity index (χ0v) is 11.5. The van der Waals surface area contributed by atoms with Gasteiger partial charge in [-0.25, -0.2) is 4.79 Å². The minimum atomic E-state index is -1.07. The molecule has 1 fully saturated rings. The van der Waals surface area contributed by atoms with Gasteiger partial charge in [0.15, 0.2) is 6.23 Å². The molecule has 10 heteroatoms. The van der Waals surface area contributed by atoms with Crippen molar-refractivity contribution in [2.75, 3.05) is 13.7 Å². The predicted octanol–water partition coefficient (Wildman–Crippen LogP) is -0.571. The van der Waals surface area contributed by atoms with E-state index in [9.17, 15) is 14.7 Å². The summed E-state index contributed by atoms with van der Waals surface area (Å²) < 4.78 is 11.8. The summed E-state index contributed by atoms with van der Waals surface area (Å²) in [7, 11) is 1.36. The molecule has 0 spiro atoms. The number of aromatic amines is 1. The second kappa shape index (κ2) is 6.10. The summed E-state index contributed by atoms with van der Waals surface area (Å²) in [6.07, 6.45) is -2.28. The highest BCUT2D eigenvalue weighted by molar-refractivity contribution is 5.03. The van der Waals surface area contributed by atoms with Gasteiger partial charge in [0.25, 0.3) is 5.56 Å². The van der Waals surface area contributed by atoms with Gasteiger partial charge in [0.1, 0.15) is 12.2 Å². The molecule has 0 aromatic carbocycles. The fraction of sp³-hybridized carbons (Fsp3) is 0.636. The molecule has 0 saturated carbocycles. The van der Waals surface area contributed by atoms with Gasteiger partial charge in [-0.1, -0.05) is 5.11 Å². The van der Waals surface area contributed by atoms with Gasteiger partial charge in [-0.3, -0.25) is 14.3 Å². The van der Waals surface area contributed by atoms with Crippen LogP contribution >= 0.6 is 0 Å². The number of rotatable bonds is 4. The van der Waals surface area contributed by atoms with Crippen LogP contribution in [0, 0.1) is 6.92 Å². The molecule has 114 valence electrons. The summed E-state index contributed by atoms with van der Waals surface area (Å²) in [6.45, 7) is 1.45. The lowest BCUT2D eigenvalue weighted by atomic mass is 10.1. The van der Waals surface area contributed by atoms with Gasteiger partial charge in [0.2, 0.25) is 0 Å². The van der Waals surface area contributed by atoms with Crippen LogP contribution in [0.3, 0.4) is 0 Å². The van der Waals surface area contributed by atoms with Gasteiger partial charge in [-0.05, 0) is 12.5 Å². The predicted molar refractivity (Wildman–Crippen MR) is 70.8 cm³/mol. The van der Waals surface area contributed by atoms with Crippen LogP contribution < -0.4 is 11.2 Å². The van der Waals surface area contributed by atoms with Crippen LogP contribution in [0.1, 0.15) is 11.8 Å². The first-order valence-corrected chi connectivity index (χ1v) is 6.18. The van der Waals surface area contributed by atoms with Crippen LogP contribution in [-0.2, 0) is 9.47 Å². The Balaban J connectivity index is 2.38. The Morgan fingerprint density at radius 2 is 2.33 bits per heavy atom. The molecule has 21 heavy (non-hydrogen) atoms. The molecule has 4 atom stereocenters. The number of aliphatic hydroxyl groups excluding tert-OH is 1. The average Bonchev–Trinajstić information content (AvgIpc) is 2.76. The molecule has 0 radical (unpaired) electrons. The topological polar surface area (TPSA) is 142 Å². The highest BCUT2D eigenvalue weighted by Crippen LogP contribution is 2.30. The smallest absolute Gasteiger partial charge is 0.330 e. The molecular formula is C11H15N5O5. The fourth-order valence-electron chi connectivity index (χ4n) is 2.24. The minimum absolute atomic E-state index is 0.0922. The summed E-state index contributed by atoms with van der Waals surface area (Å²) in [5.74, 6) is 0. The largest absolute Gasteiger partial charge is 0.388 e. The lowest BCUT2D eigenvalue weighted by Gasteiger charge is -2.20. The molecule has 1 aliphatic rings. The number of H-pyrrole nitrogens is 1. The van der Waals surface area contributed by atoms with E-state index in [0.717, 1.165) is 4.57 Å². The third-order valence-electron chi connectivity index (χ3n) is 3.33. The van der Waals surface area contributed by atoms with Crippen molar-refractivity contribution in [1.82, 2.24) is 9.55 Å². The molecular weight excluding hydrogens is 282 g/mol. The summed E-state index contributed by atoms with van der Waals surface area (Å²) in [5.41, 5.74) is 7.48. The summed E-state index contributed by atoms with van der Waals surface area (Å²) >= 11 is 0. The van der Waals surface area contributed by atoms with Gasteiger partial charge in [-0.2, -0.15) is 0 Å². The van der Waals surface area contributed by atoms with Crippen LogP contribution in [0.25, 0.3) is 10.4 Å². The molecule has 1 aliphatic heterocycles. The van der Waals surface area contributed by atoms with E-state index in [0.29, 0.717) is 5.56 Å². The molecule has 1 saturated heterocycles. The Morgan fingerprint density at radius 1 is 1.62 bits per heavy atom. The summed E-state index contributed by atoms with van der Waals surface area (Å²) in [4.78, 5) is 28.0. The van der Waals surface area contributed by atoms with E-state index in [1.165, 1.54) is 13.3 Å². The normalized spacial score (nSPS) is 28.3. The van der Waals surface area contributed by atoms with Crippen molar-refractivity contribution in [3.63, 3.8) is 0 Å². The molecule has 1 aromatic rings. The lowest BCUT2D eigenvalue weighted by Crippen LogP contribution is -2.39. The third kappa shape index (κ3) is 2.83. The SMILES string of the molecule is CO[C@@H]1[C@H](O)[C@@H](CN=[N+]=[N-])O[C@H]1n1cc(C)c(=O)[nH]c1=O. The Kier molecular flexibility index (Phi) is 4.43. The molecule has 0 bridgehead atoms. The maximum absolute atomic E-state index is 11.9. The first-order valence-electron chi connectivity index (χ1n) is 6.18. The van der Waals surface area contributed by atoms with Gasteiger partial charge in [0.05, 0.1) is 12.6 Å². The van der Waals surface area contributed by atoms with E-state index in [1.807, 2.05) is 0 Å². The van der Waals surface area contributed by atoms with Crippen molar-refractivity contribution < 1.29 is 14.6 Å². The Hall–Kier alpha value is -2.13. The van der Waals surface area contributed by atoms with Crippen molar-refractivity contribution in [3.05, 3.63) is 43.0 Å². The van der Waals surface area contributed by atoms with Crippen molar-refractivity contribution >= 4 is 0 Å². The molecule has 2 heterocycles. The Labute approximate surface area is 118 Å². The number of hydrogen-bond donors (Lipinski definition) is 2. The maximum Gasteiger partial charge on any atom is 0.330 e. The zero-order chi connectivity index (χ0) is 15.6. The summed E-state index contributed by atoms with van der Waals surface area (Å²) in [5, 5.41) is 13.5. The highest BCUT2D eigenvalue weighted by atomic mass is 16.6. The van der Waals surface area contributed by atoms with Crippen LogP contribution in [0.4, 0.5) is 0 Å². The quantitative estimate of drug-likeness (QED) is 0.434. The monoisotopic (exact) mass is 297 g/mol. The number of aromatic nitrogens is 2. The second-order valence-corrected chi connectivity index (χ2v) is 4.65. The lowest BCUT2D eigenvalue weighted by molar-refractivity contribution is -0.0527. The number of aliphatic hydroxyl groups is 1. The number of hydrogen-bond acceptors (Lipinski definition) is 6. The van der Waals surface area contributed by atoms with Gasteiger partial charge in [-0.15, -0.1) is 0 Å². The summed E-state index contributed by atoms with van der Waals surface area (Å²) in [6, 6.07) is 0. The number of azide groups is 1. The molecule has 0 amide bonds. The molecule has 2 rings (SSSR count). The van der Waals surface area contributed by atoms with Crippen LogP contribution in [0.15, 0.2) is 20.9 Å². The van der Waals surface area contributed by atoms with Crippen molar-refractivity contribution in [1.29, 1.82) is 0 Å². The van der Waals surface area contributed by atoms with Crippen molar-refractivity contribution in [3.8, 4) is 0 Å². The molecule has 0 unspecified atom stereocenters. The van der Waals surface area contributed by atoms with Crippen molar-refractivity contribution in [2.45, 2.75) is 31.5 Å². The number of methoxy groups -OCH3 is 1. The van der Waals surface area contributed by atoms with E-state index >= 15 is 0 Å². The van der Waals surface area contributed by atoms with Crippen LogP contribution in [0.5, 0.6) is 0 Å². The van der Waals surface area contributed by atoms with E-state index in [-0.39, 0.29) is 6.54 Å². The van der Waals surface area contributed by atoms with Crippen LogP contribution in [0.2, 0.25) is 0 Å². The molecule has 2 N–H and O–H groups in total.